The first-order valence-electron chi connectivity index (χ1n) is 7.50. The largest absolute Gasteiger partial charge is 0.492 e. The van der Waals surface area contributed by atoms with Gasteiger partial charge in [-0.25, -0.2) is 0 Å². The predicted octanol–water partition coefficient (Wildman–Crippen LogP) is 3.37. The number of rotatable bonds is 7. The minimum atomic E-state index is -0.0531. The summed E-state index contributed by atoms with van der Waals surface area (Å²) in [7, 11) is 0. The third-order valence-corrected chi connectivity index (χ3v) is 3.30. The van der Waals surface area contributed by atoms with E-state index in [-0.39, 0.29) is 18.5 Å². The van der Waals surface area contributed by atoms with Crippen LogP contribution in [0.5, 0.6) is 5.75 Å². The van der Waals surface area contributed by atoms with E-state index in [1.54, 1.807) is 0 Å². The molecule has 0 saturated carbocycles. The van der Waals surface area contributed by atoms with E-state index in [2.05, 4.69) is 10.6 Å². The van der Waals surface area contributed by atoms with Gasteiger partial charge in [0.1, 0.15) is 5.75 Å². The molecule has 2 N–H and O–H groups in total. The highest BCUT2D eigenvalue weighted by molar-refractivity contribution is 5.81. The average Bonchev–Trinajstić information content (AvgIpc) is 2.55. The number of anilines is 1. The third-order valence-electron chi connectivity index (χ3n) is 3.30. The number of para-hydroxylation sites is 2. The second-order valence-electron chi connectivity index (χ2n) is 4.98. The third kappa shape index (κ3) is 4.52. The van der Waals surface area contributed by atoms with Gasteiger partial charge in [-0.3, -0.25) is 4.79 Å². The van der Waals surface area contributed by atoms with Crippen molar-refractivity contribution < 1.29 is 9.53 Å². The number of carbonyl (C=O) groups excluding carboxylic acids is 1. The van der Waals surface area contributed by atoms with Crippen molar-refractivity contribution >= 4 is 11.6 Å². The zero-order chi connectivity index (χ0) is 15.8. The lowest BCUT2D eigenvalue weighted by atomic mass is 10.1. The monoisotopic (exact) mass is 298 g/mol. The number of hydrogen-bond donors (Lipinski definition) is 2. The molecule has 0 radical (unpaired) electrons. The molecule has 0 aromatic heterocycles. The van der Waals surface area contributed by atoms with Gasteiger partial charge in [0.25, 0.3) is 0 Å². The Kier molecular flexibility index (Phi) is 5.83. The van der Waals surface area contributed by atoms with Crippen LogP contribution < -0.4 is 15.4 Å². The second-order valence-corrected chi connectivity index (χ2v) is 4.98. The average molecular weight is 298 g/mol. The van der Waals surface area contributed by atoms with Gasteiger partial charge in [0.05, 0.1) is 24.9 Å². The zero-order valence-electron chi connectivity index (χ0n) is 13.0. The quantitative estimate of drug-likeness (QED) is 0.824. The summed E-state index contributed by atoms with van der Waals surface area (Å²) >= 11 is 0. The van der Waals surface area contributed by atoms with Crippen LogP contribution in [-0.4, -0.2) is 19.1 Å². The topological polar surface area (TPSA) is 50.4 Å². The lowest BCUT2D eigenvalue weighted by molar-refractivity contribution is -0.120. The fraction of sp³-hybridized carbons (Fsp3) is 0.278. The molecule has 2 aromatic rings. The minimum absolute atomic E-state index is 0.0161. The summed E-state index contributed by atoms with van der Waals surface area (Å²) in [4.78, 5) is 12.1. The van der Waals surface area contributed by atoms with Crippen LogP contribution in [0.25, 0.3) is 0 Å². The first kappa shape index (κ1) is 15.9. The fourth-order valence-corrected chi connectivity index (χ4v) is 2.19. The van der Waals surface area contributed by atoms with E-state index < -0.39 is 0 Å². The normalized spacial score (nSPS) is 11.5. The number of hydrogen-bond acceptors (Lipinski definition) is 3. The molecule has 0 bridgehead atoms. The fourth-order valence-electron chi connectivity index (χ4n) is 2.19. The van der Waals surface area contributed by atoms with Crippen molar-refractivity contribution in [3.63, 3.8) is 0 Å². The Morgan fingerprint density at radius 3 is 2.50 bits per heavy atom. The molecule has 4 nitrogen and oxygen atoms in total. The molecule has 0 spiro atoms. The molecule has 4 heteroatoms. The van der Waals surface area contributed by atoms with Crippen molar-refractivity contribution in [2.24, 2.45) is 0 Å². The number of nitrogens with one attached hydrogen (secondary N) is 2. The molecule has 0 aliphatic heterocycles. The maximum absolute atomic E-state index is 12.1. The van der Waals surface area contributed by atoms with Crippen LogP contribution >= 0.6 is 0 Å². The Morgan fingerprint density at radius 2 is 1.77 bits per heavy atom. The molecule has 2 aromatic carbocycles. The van der Waals surface area contributed by atoms with E-state index in [1.165, 1.54) is 0 Å². The molecule has 0 saturated heterocycles. The first-order valence-corrected chi connectivity index (χ1v) is 7.50. The van der Waals surface area contributed by atoms with Crippen molar-refractivity contribution in [1.29, 1.82) is 0 Å². The van der Waals surface area contributed by atoms with Crippen molar-refractivity contribution in [3.05, 3.63) is 60.2 Å². The standard InChI is InChI=1S/C18H22N2O2/c1-3-22-17-12-8-7-11-16(17)19-13-18(21)20-14(2)15-9-5-4-6-10-15/h4-12,14,19H,3,13H2,1-2H3,(H,20,21)/t14-/m0/s1. The number of amides is 1. The van der Waals surface area contributed by atoms with Crippen molar-refractivity contribution in [3.8, 4) is 5.75 Å². The van der Waals surface area contributed by atoms with Crippen molar-refractivity contribution in [1.82, 2.24) is 5.32 Å². The maximum atomic E-state index is 12.1. The van der Waals surface area contributed by atoms with Gasteiger partial charge in [-0.15, -0.1) is 0 Å². The summed E-state index contributed by atoms with van der Waals surface area (Å²) in [6.45, 7) is 4.71. The summed E-state index contributed by atoms with van der Waals surface area (Å²) < 4.78 is 5.53. The molecule has 22 heavy (non-hydrogen) atoms. The second kappa shape index (κ2) is 8.08. The van der Waals surface area contributed by atoms with Gasteiger partial charge in [-0.1, -0.05) is 42.5 Å². The van der Waals surface area contributed by atoms with Crippen molar-refractivity contribution in [2.75, 3.05) is 18.5 Å². The van der Waals surface area contributed by atoms with Crippen LogP contribution in [0.4, 0.5) is 5.69 Å². The molecular formula is C18H22N2O2. The van der Waals surface area contributed by atoms with Gasteiger partial charge < -0.3 is 15.4 Å². The van der Waals surface area contributed by atoms with Gasteiger partial charge in [0.2, 0.25) is 5.91 Å². The molecule has 0 fully saturated rings. The summed E-state index contributed by atoms with van der Waals surface area (Å²) in [6.07, 6.45) is 0. The van der Waals surface area contributed by atoms with E-state index in [9.17, 15) is 4.79 Å². The number of carbonyl (C=O) groups is 1. The van der Waals surface area contributed by atoms with Crippen LogP contribution in [0.2, 0.25) is 0 Å². The van der Waals surface area contributed by atoms with E-state index in [4.69, 9.17) is 4.74 Å². The minimum Gasteiger partial charge on any atom is -0.492 e. The van der Waals surface area contributed by atoms with E-state index in [0.29, 0.717) is 6.61 Å². The Labute approximate surface area is 131 Å². The SMILES string of the molecule is CCOc1ccccc1NCC(=O)N[C@@H](C)c1ccccc1. The Balaban J connectivity index is 1.88. The Morgan fingerprint density at radius 1 is 1.09 bits per heavy atom. The van der Waals surface area contributed by atoms with Crippen LogP contribution in [-0.2, 0) is 4.79 Å². The van der Waals surface area contributed by atoms with Gasteiger partial charge in [-0.2, -0.15) is 0 Å². The lowest BCUT2D eigenvalue weighted by Gasteiger charge is -2.16. The van der Waals surface area contributed by atoms with E-state index in [0.717, 1.165) is 17.0 Å². The molecule has 0 heterocycles. The Bertz CT molecular complexity index is 599. The van der Waals surface area contributed by atoms with E-state index >= 15 is 0 Å². The lowest BCUT2D eigenvalue weighted by Crippen LogP contribution is -2.32. The molecule has 0 aliphatic carbocycles. The Hall–Kier alpha value is -2.49. The molecule has 0 aliphatic rings. The highest BCUT2D eigenvalue weighted by Crippen LogP contribution is 2.23. The molecule has 0 unspecified atom stereocenters. The maximum Gasteiger partial charge on any atom is 0.239 e. The first-order chi connectivity index (χ1) is 10.7. The summed E-state index contributed by atoms with van der Waals surface area (Å²) in [5.74, 6) is 0.705. The van der Waals surface area contributed by atoms with Gasteiger partial charge in [0.15, 0.2) is 0 Å². The van der Waals surface area contributed by atoms with Crippen LogP contribution in [0.3, 0.4) is 0 Å². The summed E-state index contributed by atoms with van der Waals surface area (Å²) in [5.41, 5.74) is 1.91. The van der Waals surface area contributed by atoms with Crippen LogP contribution in [0.1, 0.15) is 25.5 Å². The number of benzene rings is 2. The van der Waals surface area contributed by atoms with Crippen LogP contribution in [0, 0.1) is 0 Å². The molecule has 116 valence electrons. The summed E-state index contributed by atoms with van der Waals surface area (Å²) in [6, 6.07) is 17.5. The molecule has 1 amide bonds. The molecular weight excluding hydrogens is 276 g/mol. The van der Waals surface area contributed by atoms with Gasteiger partial charge in [-0.05, 0) is 31.5 Å². The molecule has 1 atom stereocenters. The predicted molar refractivity (Wildman–Crippen MR) is 89.1 cm³/mol. The summed E-state index contributed by atoms with van der Waals surface area (Å²) in [5, 5.41) is 6.09. The van der Waals surface area contributed by atoms with E-state index in [1.807, 2.05) is 68.4 Å². The number of ether oxygens (including phenoxy) is 1. The van der Waals surface area contributed by atoms with Gasteiger partial charge in [0, 0.05) is 0 Å². The highest BCUT2D eigenvalue weighted by atomic mass is 16.5. The highest BCUT2D eigenvalue weighted by Gasteiger charge is 2.10. The van der Waals surface area contributed by atoms with Crippen molar-refractivity contribution in [2.45, 2.75) is 19.9 Å². The van der Waals surface area contributed by atoms with Crippen LogP contribution in [0.15, 0.2) is 54.6 Å². The van der Waals surface area contributed by atoms with Gasteiger partial charge >= 0.3 is 0 Å². The zero-order valence-corrected chi connectivity index (χ0v) is 13.0. The smallest absolute Gasteiger partial charge is 0.239 e. The molecule has 2 rings (SSSR count).